The van der Waals surface area contributed by atoms with E-state index in [-0.39, 0.29) is 17.9 Å². The van der Waals surface area contributed by atoms with Gasteiger partial charge in [-0.2, -0.15) is 0 Å². The molecule has 0 aliphatic rings. The molecule has 94 valence electrons. The van der Waals surface area contributed by atoms with Gasteiger partial charge in [-0.3, -0.25) is 4.79 Å². The van der Waals surface area contributed by atoms with Crippen LogP contribution in [0.25, 0.3) is 0 Å². The second-order valence-electron chi connectivity index (χ2n) is 4.73. The van der Waals surface area contributed by atoms with E-state index in [4.69, 9.17) is 9.84 Å². The van der Waals surface area contributed by atoms with Gasteiger partial charge in [-0.1, -0.05) is 0 Å². The molecule has 0 fully saturated rings. The number of hydrogen-bond donors (Lipinski definition) is 1. The number of carboxylic acids is 1. The van der Waals surface area contributed by atoms with Gasteiger partial charge in [0.2, 0.25) is 5.91 Å². The first-order chi connectivity index (χ1) is 7.15. The van der Waals surface area contributed by atoms with Crippen molar-refractivity contribution < 1.29 is 19.4 Å². The average Bonchev–Trinajstić information content (AvgIpc) is 2.13. The first kappa shape index (κ1) is 14.9. The number of likely N-dealkylation sites (N-methyl/N-ethyl adjacent to an activating group) is 1. The molecule has 1 N–H and O–H groups in total. The third-order valence-electron chi connectivity index (χ3n) is 2.18. The highest BCUT2D eigenvalue weighted by Gasteiger charge is 2.21. The fourth-order valence-electron chi connectivity index (χ4n) is 1.00. The van der Waals surface area contributed by atoms with Crippen LogP contribution in [0.5, 0.6) is 0 Å². The van der Waals surface area contributed by atoms with E-state index in [2.05, 4.69) is 0 Å². The Labute approximate surface area is 96.4 Å². The third kappa shape index (κ3) is 5.70. The molecule has 0 heterocycles. The number of rotatable bonds is 5. The number of carboxylic acid groups (broad SMARTS) is 1. The van der Waals surface area contributed by atoms with Crippen LogP contribution in [0.1, 0.15) is 34.1 Å². The van der Waals surface area contributed by atoms with Crippen molar-refractivity contribution in [3.63, 3.8) is 0 Å². The molecule has 0 unspecified atom stereocenters. The van der Waals surface area contributed by atoms with Crippen molar-refractivity contribution in [1.82, 2.24) is 4.90 Å². The van der Waals surface area contributed by atoms with Gasteiger partial charge in [0, 0.05) is 7.05 Å². The Kier molecular flexibility index (Phi) is 5.44. The molecule has 0 aliphatic carbocycles. The summed E-state index contributed by atoms with van der Waals surface area (Å²) >= 11 is 0. The summed E-state index contributed by atoms with van der Waals surface area (Å²) in [5.41, 5.74) is -0.280. The summed E-state index contributed by atoms with van der Waals surface area (Å²) in [6, 6.07) is -0.804. The minimum atomic E-state index is -1.01. The monoisotopic (exact) mass is 231 g/mol. The van der Waals surface area contributed by atoms with E-state index in [1.165, 1.54) is 18.9 Å². The van der Waals surface area contributed by atoms with Gasteiger partial charge in [-0.15, -0.1) is 0 Å². The van der Waals surface area contributed by atoms with E-state index in [9.17, 15) is 9.59 Å². The maximum absolute atomic E-state index is 11.6. The van der Waals surface area contributed by atoms with Crippen LogP contribution >= 0.6 is 0 Å². The lowest BCUT2D eigenvalue weighted by Crippen LogP contribution is -2.40. The summed E-state index contributed by atoms with van der Waals surface area (Å²) in [6.07, 6.45) is 0.200. The molecule has 0 saturated heterocycles. The fraction of sp³-hybridized carbons (Fsp3) is 0.818. The van der Waals surface area contributed by atoms with Crippen LogP contribution in [0.3, 0.4) is 0 Å². The highest BCUT2D eigenvalue weighted by atomic mass is 16.5. The first-order valence-electron chi connectivity index (χ1n) is 5.27. The van der Waals surface area contributed by atoms with Crippen molar-refractivity contribution >= 4 is 11.9 Å². The summed E-state index contributed by atoms with van der Waals surface area (Å²) in [5, 5.41) is 8.73. The first-order valence-corrected chi connectivity index (χ1v) is 5.27. The maximum Gasteiger partial charge on any atom is 0.326 e. The molecule has 5 nitrogen and oxygen atoms in total. The van der Waals surface area contributed by atoms with Crippen molar-refractivity contribution in [1.29, 1.82) is 0 Å². The number of carbonyl (C=O) groups excluding carboxylic acids is 1. The highest BCUT2D eigenvalue weighted by Crippen LogP contribution is 2.08. The summed E-state index contributed by atoms with van der Waals surface area (Å²) in [6.45, 7) is 7.49. The van der Waals surface area contributed by atoms with Crippen molar-refractivity contribution in [3.8, 4) is 0 Å². The largest absolute Gasteiger partial charge is 0.480 e. The van der Waals surface area contributed by atoms with Crippen LogP contribution in [-0.2, 0) is 14.3 Å². The van der Waals surface area contributed by atoms with Gasteiger partial charge in [0.15, 0.2) is 0 Å². The van der Waals surface area contributed by atoms with Gasteiger partial charge in [0.05, 0.1) is 18.6 Å². The molecule has 0 aliphatic heterocycles. The molecule has 0 saturated carbocycles. The maximum atomic E-state index is 11.6. The number of hydrogen-bond acceptors (Lipinski definition) is 3. The van der Waals surface area contributed by atoms with E-state index < -0.39 is 12.0 Å². The Morgan fingerprint density at radius 3 is 2.25 bits per heavy atom. The van der Waals surface area contributed by atoms with Gasteiger partial charge in [0.1, 0.15) is 6.04 Å². The number of ether oxygens (including phenoxy) is 1. The van der Waals surface area contributed by atoms with Gasteiger partial charge in [-0.05, 0) is 27.7 Å². The smallest absolute Gasteiger partial charge is 0.326 e. The molecule has 0 rings (SSSR count). The molecule has 0 spiro atoms. The van der Waals surface area contributed by atoms with E-state index in [1.807, 2.05) is 20.8 Å². The predicted octanol–water partition coefficient (Wildman–Crippen LogP) is 1.12. The van der Waals surface area contributed by atoms with E-state index >= 15 is 0 Å². The Bertz CT molecular complexity index is 257. The van der Waals surface area contributed by atoms with Crippen LogP contribution in [0.15, 0.2) is 0 Å². The average molecular weight is 231 g/mol. The van der Waals surface area contributed by atoms with E-state index in [0.717, 1.165) is 0 Å². The third-order valence-corrected chi connectivity index (χ3v) is 2.18. The SMILES string of the molecule is C[C@@H](C(=O)O)N(C)C(=O)CCOC(C)(C)C. The molecule has 1 atom stereocenters. The van der Waals surface area contributed by atoms with E-state index in [1.54, 1.807) is 0 Å². The number of amides is 1. The highest BCUT2D eigenvalue weighted by molar-refractivity contribution is 5.83. The number of nitrogens with zero attached hydrogens (tertiary/aromatic N) is 1. The van der Waals surface area contributed by atoms with Crippen molar-refractivity contribution in [3.05, 3.63) is 0 Å². The molecule has 0 aromatic carbocycles. The molecule has 0 aromatic heterocycles. The molecule has 0 aromatic rings. The molecule has 1 amide bonds. The summed E-state index contributed by atoms with van der Waals surface area (Å²) in [5.74, 6) is -1.23. The van der Waals surface area contributed by atoms with Crippen LogP contribution in [0.4, 0.5) is 0 Å². The van der Waals surface area contributed by atoms with Crippen molar-refractivity contribution in [2.75, 3.05) is 13.7 Å². The van der Waals surface area contributed by atoms with Crippen LogP contribution in [0, 0.1) is 0 Å². The Balaban J connectivity index is 4.03. The summed E-state index contributed by atoms with van der Waals surface area (Å²) < 4.78 is 5.40. The summed E-state index contributed by atoms with van der Waals surface area (Å²) in [4.78, 5) is 23.4. The lowest BCUT2D eigenvalue weighted by atomic mass is 10.2. The Morgan fingerprint density at radius 2 is 1.88 bits per heavy atom. The number of carbonyl (C=O) groups is 2. The Morgan fingerprint density at radius 1 is 1.38 bits per heavy atom. The van der Waals surface area contributed by atoms with Gasteiger partial charge in [0.25, 0.3) is 0 Å². The van der Waals surface area contributed by atoms with Crippen molar-refractivity contribution in [2.24, 2.45) is 0 Å². The quantitative estimate of drug-likeness (QED) is 0.770. The zero-order valence-corrected chi connectivity index (χ0v) is 10.6. The second kappa shape index (κ2) is 5.84. The molecular weight excluding hydrogens is 210 g/mol. The normalized spacial score (nSPS) is 13.3. The molecule has 0 radical (unpaired) electrons. The molecule has 5 heteroatoms. The van der Waals surface area contributed by atoms with Crippen LogP contribution < -0.4 is 0 Å². The zero-order valence-electron chi connectivity index (χ0n) is 10.6. The minimum absolute atomic E-state index is 0.200. The van der Waals surface area contributed by atoms with Crippen molar-refractivity contribution in [2.45, 2.75) is 45.8 Å². The van der Waals surface area contributed by atoms with Gasteiger partial charge >= 0.3 is 5.97 Å². The lowest BCUT2D eigenvalue weighted by molar-refractivity contribution is -0.149. The zero-order chi connectivity index (χ0) is 12.9. The Hall–Kier alpha value is -1.10. The minimum Gasteiger partial charge on any atom is -0.480 e. The predicted molar refractivity (Wildman–Crippen MR) is 60.2 cm³/mol. The van der Waals surface area contributed by atoms with Gasteiger partial charge in [-0.25, -0.2) is 4.79 Å². The molecule has 16 heavy (non-hydrogen) atoms. The second-order valence-corrected chi connectivity index (χ2v) is 4.73. The summed E-state index contributed by atoms with van der Waals surface area (Å²) in [7, 11) is 1.48. The fourth-order valence-corrected chi connectivity index (χ4v) is 1.00. The number of aliphatic carboxylic acids is 1. The molecule has 0 bridgehead atoms. The lowest BCUT2D eigenvalue weighted by Gasteiger charge is -2.23. The van der Waals surface area contributed by atoms with Crippen LogP contribution in [-0.4, -0.2) is 47.2 Å². The standard InChI is InChI=1S/C11H21NO4/c1-8(10(14)15)12(5)9(13)6-7-16-11(2,3)4/h8H,6-7H2,1-5H3,(H,14,15)/t8-/m0/s1. The van der Waals surface area contributed by atoms with Gasteiger partial charge < -0.3 is 14.7 Å². The van der Waals surface area contributed by atoms with E-state index in [0.29, 0.717) is 6.61 Å². The molecular formula is C11H21NO4. The van der Waals surface area contributed by atoms with Crippen LogP contribution in [0.2, 0.25) is 0 Å². The topological polar surface area (TPSA) is 66.8 Å².